The molecule has 0 spiro atoms. The molecule has 22 heavy (non-hydrogen) atoms. The van der Waals surface area contributed by atoms with Crippen molar-refractivity contribution in [3.63, 3.8) is 0 Å². The zero-order chi connectivity index (χ0) is 15.6. The summed E-state index contributed by atoms with van der Waals surface area (Å²) in [5, 5.41) is 3.42. The Morgan fingerprint density at radius 1 is 1.36 bits per heavy atom. The average Bonchev–Trinajstić information content (AvgIpc) is 2.59. The zero-order valence-corrected chi connectivity index (χ0v) is 13.9. The van der Waals surface area contributed by atoms with Crippen molar-refractivity contribution in [2.45, 2.75) is 0 Å². The first-order valence-corrected chi connectivity index (χ1v) is 8.67. The highest BCUT2D eigenvalue weighted by Crippen LogP contribution is 2.09. The molecule has 1 aromatic heterocycles. The molecule has 7 heteroatoms. The highest BCUT2D eigenvalue weighted by molar-refractivity contribution is 7.99. The molecule has 0 atom stereocenters. The lowest BCUT2D eigenvalue weighted by Crippen LogP contribution is -2.53. The lowest BCUT2D eigenvalue weighted by atomic mass is 10.3. The molecule has 120 valence electrons. The number of hydrogen-bond donors (Lipinski definition) is 1. The first-order chi connectivity index (χ1) is 10.8. The number of guanidine groups is 1. The van der Waals surface area contributed by atoms with Crippen molar-refractivity contribution < 1.29 is 0 Å². The van der Waals surface area contributed by atoms with Gasteiger partial charge in [0.2, 0.25) is 5.95 Å². The summed E-state index contributed by atoms with van der Waals surface area (Å²) in [5.41, 5.74) is 0. The van der Waals surface area contributed by atoms with Crippen LogP contribution in [0.25, 0.3) is 0 Å². The van der Waals surface area contributed by atoms with Crippen LogP contribution in [0.2, 0.25) is 0 Å². The number of nitrogens with one attached hydrogen (secondary N) is 1. The molecule has 2 heterocycles. The second-order valence-electron chi connectivity index (χ2n) is 4.86. The lowest BCUT2D eigenvalue weighted by Gasteiger charge is -2.36. The molecule has 0 saturated carbocycles. The second-order valence-corrected chi connectivity index (χ2v) is 6.01. The molecule has 1 aromatic rings. The number of thioether (sulfide) groups is 1. The third-order valence-corrected chi connectivity index (χ3v) is 4.36. The van der Waals surface area contributed by atoms with Crippen LogP contribution in [-0.2, 0) is 0 Å². The van der Waals surface area contributed by atoms with Crippen LogP contribution < -0.4 is 10.2 Å². The van der Waals surface area contributed by atoms with E-state index >= 15 is 0 Å². The maximum atomic E-state index is 4.38. The normalized spacial score (nSPS) is 15.8. The van der Waals surface area contributed by atoms with Gasteiger partial charge in [-0.2, -0.15) is 11.8 Å². The first-order valence-electron chi connectivity index (χ1n) is 7.51. The van der Waals surface area contributed by atoms with Gasteiger partial charge in [-0.25, -0.2) is 9.97 Å². The monoisotopic (exact) mass is 320 g/mol. The average molecular weight is 320 g/mol. The Bertz CT molecular complexity index is 470. The van der Waals surface area contributed by atoms with Gasteiger partial charge in [-0.1, -0.05) is 6.08 Å². The number of nitrogens with zero attached hydrogens (tertiary/aromatic N) is 5. The van der Waals surface area contributed by atoms with Crippen molar-refractivity contribution >= 4 is 23.7 Å². The molecular weight excluding hydrogens is 296 g/mol. The minimum Gasteiger partial charge on any atom is -0.355 e. The molecule has 1 saturated heterocycles. The maximum absolute atomic E-state index is 4.38. The Hall–Kier alpha value is -1.76. The SMILES string of the molecule is C=CCSCCNC(=NC)N1CCN(c2ncccn2)CC1. The molecule has 0 bridgehead atoms. The van der Waals surface area contributed by atoms with E-state index in [0.29, 0.717) is 0 Å². The summed E-state index contributed by atoms with van der Waals surface area (Å²) in [5.74, 6) is 3.84. The predicted octanol–water partition coefficient (Wildman–Crippen LogP) is 1.09. The molecule has 6 nitrogen and oxygen atoms in total. The van der Waals surface area contributed by atoms with Crippen LogP contribution in [-0.4, -0.2) is 72.1 Å². The number of aliphatic imine (C=N–C) groups is 1. The van der Waals surface area contributed by atoms with Gasteiger partial charge in [-0.3, -0.25) is 4.99 Å². The minimum absolute atomic E-state index is 0.811. The van der Waals surface area contributed by atoms with Gasteiger partial charge in [-0.05, 0) is 6.07 Å². The van der Waals surface area contributed by atoms with Crippen LogP contribution in [0.3, 0.4) is 0 Å². The summed E-state index contributed by atoms with van der Waals surface area (Å²) in [7, 11) is 1.84. The van der Waals surface area contributed by atoms with Crippen molar-refractivity contribution in [3.05, 3.63) is 31.1 Å². The molecular formula is C15H24N6S. The van der Waals surface area contributed by atoms with Crippen LogP contribution in [0.5, 0.6) is 0 Å². The van der Waals surface area contributed by atoms with Crippen molar-refractivity contribution in [2.24, 2.45) is 4.99 Å². The molecule has 1 fully saturated rings. The molecule has 1 aliphatic heterocycles. The molecule has 0 radical (unpaired) electrons. The fourth-order valence-corrected chi connectivity index (χ4v) is 2.89. The van der Waals surface area contributed by atoms with Gasteiger partial charge >= 0.3 is 0 Å². The third kappa shape index (κ3) is 4.91. The predicted molar refractivity (Wildman–Crippen MR) is 94.7 cm³/mol. The van der Waals surface area contributed by atoms with Gasteiger partial charge in [0.05, 0.1) is 0 Å². The van der Waals surface area contributed by atoms with Gasteiger partial charge in [0.25, 0.3) is 0 Å². The summed E-state index contributed by atoms with van der Waals surface area (Å²) in [4.78, 5) is 17.5. The summed E-state index contributed by atoms with van der Waals surface area (Å²) < 4.78 is 0. The van der Waals surface area contributed by atoms with Crippen molar-refractivity contribution in [1.29, 1.82) is 0 Å². The zero-order valence-electron chi connectivity index (χ0n) is 13.1. The molecule has 0 amide bonds. The van der Waals surface area contributed by atoms with Crippen LogP contribution in [0.4, 0.5) is 5.95 Å². The summed E-state index contributed by atoms with van der Waals surface area (Å²) in [6, 6.07) is 1.84. The van der Waals surface area contributed by atoms with E-state index in [9.17, 15) is 0 Å². The van der Waals surface area contributed by atoms with Crippen molar-refractivity contribution in [1.82, 2.24) is 20.2 Å². The van der Waals surface area contributed by atoms with Crippen LogP contribution in [0, 0.1) is 0 Å². The van der Waals surface area contributed by atoms with Crippen LogP contribution >= 0.6 is 11.8 Å². The lowest BCUT2D eigenvalue weighted by molar-refractivity contribution is 0.371. The second kappa shape index (κ2) is 9.30. The number of hydrogen-bond acceptors (Lipinski definition) is 5. The van der Waals surface area contributed by atoms with E-state index in [4.69, 9.17) is 0 Å². The summed E-state index contributed by atoms with van der Waals surface area (Å²) >= 11 is 1.87. The Morgan fingerprint density at radius 2 is 2.09 bits per heavy atom. The number of aromatic nitrogens is 2. The fourth-order valence-electron chi connectivity index (χ4n) is 2.31. The Morgan fingerprint density at radius 3 is 2.73 bits per heavy atom. The highest BCUT2D eigenvalue weighted by atomic mass is 32.2. The summed E-state index contributed by atoms with van der Waals surface area (Å²) in [6.07, 6.45) is 5.51. The highest BCUT2D eigenvalue weighted by Gasteiger charge is 2.20. The largest absolute Gasteiger partial charge is 0.355 e. The Balaban J connectivity index is 1.76. The Labute approximate surface area is 136 Å². The van der Waals surface area contributed by atoms with Gasteiger partial charge in [-0.15, -0.1) is 6.58 Å². The van der Waals surface area contributed by atoms with E-state index < -0.39 is 0 Å². The van der Waals surface area contributed by atoms with E-state index in [-0.39, 0.29) is 0 Å². The maximum Gasteiger partial charge on any atom is 0.225 e. The van der Waals surface area contributed by atoms with Crippen LogP contribution in [0.1, 0.15) is 0 Å². The molecule has 0 unspecified atom stereocenters. The van der Waals surface area contributed by atoms with Gasteiger partial charge in [0.1, 0.15) is 0 Å². The van der Waals surface area contributed by atoms with E-state index in [0.717, 1.165) is 56.1 Å². The summed E-state index contributed by atoms with van der Waals surface area (Å²) in [6.45, 7) is 8.33. The minimum atomic E-state index is 0.811. The van der Waals surface area contributed by atoms with E-state index in [2.05, 4.69) is 36.7 Å². The van der Waals surface area contributed by atoms with E-state index in [1.807, 2.05) is 31.0 Å². The van der Waals surface area contributed by atoms with Gasteiger partial charge in [0, 0.05) is 63.7 Å². The number of piperazine rings is 1. The topological polar surface area (TPSA) is 56.7 Å². The van der Waals surface area contributed by atoms with Gasteiger partial charge < -0.3 is 15.1 Å². The number of anilines is 1. The standard InChI is InChI=1S/C15H24N6S/c1-3-12-22-13-7-19-14(16-2)20-8-10-21(11-9-20)15-17-5-4-6-18-15/h3-6H,1,7-13H2,2H3,(H,16,19). The van der Waals surface area contributed by atoms with E-state index in [1.54, 1.807) is 12.4 Å². The van der Waals surface area contributed by atoms with Crippen molar-refractivity contribution in [3.8, 4) is 0 Å². The third-order valence-electron chi connectivity index (χ3n) is 3.39. The van der Waals surface area contributed by atoms with Crippen LogP contribution in [0.15, 0.2) is 36.1 Å². The first kappa shape index (κ1) is 16.6. The molecule has 1 N–H and O–H groups in total. The molecule has 1 aliphatic rings. The molecule has 0 aliphatic carbocycles. The smallest absolute Gasteiger partial charge is 0.225 e. The van der Waals surface area contributed by atoms with Crippen molar-refractivity contribution in [2.75, 3.05) is 56.2 Å². The van der Waals surface area contributed by atoms with Gasteiger partial charge in [0.15, 0.2) is 5.96 Å². The number of rotatable bonds is 6. The quantitative estimate of drug-likeness (QED) is 0.366. The van der Waals surface area contributed by atoms with E-state index in [1.165, 1.54) is 0 Å². The molecule has 2 rings (SSSR count). The molecule has 0 aromatic carbocycles. The fraction of sp³-hybridized carbons (Fsp3) is 0.533. The Kier molecular flexibility index (Phi) is 7.02.